The van der Waals surface area contributed by atoms with E-state index in [1.807, 2.05) is 13.0 Å². The normalized spacial score (nSPS) is 11.6. The Morgan fingerprint density at radius 1 is 1.21 bits per heavy atom. The third-order valence-corrected chi connectivity index (χ3v) is 3.56. The number of nitrogens with one attached hydrogen (secondary N) is 1. The van der Waals surface area contributed by atoms with Gasteiger partial charge in [-0.3, -0.25) is 9.59 Å². The molecular weight excluding hydrogens is 308 g/mol. The maximum absolute atomic E-state index is 12.5. The van der Waals surface area contributed by atoms with E-state index in [0.29, 0.717) is 18.0 Å². The molecule has 1 aromatic carbocycles. The van der Waals surface area contributed by atoms with Gasteiger partial charge in [-0.15, -0.1) is 0 Å². The van der Waals surface area contributed by atoms with Gasteiger partial charge in [0.1, 0.15) is 11.8 Å². The molecule has 2 aromatic rings. The number of amides is 1. The van der Waals surface area contributed by atoms with Crippen LogP contribution >= 0.6 is 0 Å². The summed E-state index contributed by atoms with van der Waals surface area (Å²) in [6.07, 6.45) is 2.38. The molecule has 128 valence electrons. The van der Waals surface area contributed by atoms with Gasteiger partial charge in [0.05, 0.1) is 19.4 Å². The average Bonchev–Trinajstić information content (AvgIpc) is 2.60. The minimum Gasteiger partial charge on any atom is -0.495 e. The lowest BCUT2D eigenvalue weighted by atomic mass is 10.2. The summed E-state index contributed by atoms with van der Waals surface area (Å²) in [6.45, 7) is 4.08. The minimum absolute atomic E-state index is 0.247. The molecule has 1 amide bonds. The first-order valence-corrected chi connectivity index (χ1v) is 7.86. The SMILES string of the molecule is CCCOc1cccn(C(C)C(=O)Nc2ccccc2OC)c1=O. The Morgan fingerprint density at radius 3 is 2.62 bits per heavy atom. The molecule has 0 fully saturated rings. The zero-order valence-corrected chi connectivity index (χ0v) is 14.1. The summed E-state index contributed by atoms with van der Waals surface area (Å²) in [7, 11) is 1.54. The molecule has 1 heterocycles. The van der Waals surface area contributed by atoms with Crippen molar-refractivity contribution in [2.75, 3.05) is 19.0 Å². The van der Waals surface area contributed by atoms with Crippen molar-refractivity contribution in [3.8, 4) is 11.5 Å². The number of aromatic nitrogens is 1. The van der Waals surface area contributed by atoms with E-state index in [0.717, 1.165) is 6.42 Å². The second kappa shape index (κ2) is 8.19. The molecule has 0 aliphatic heterocycles. The van der Waals surface area contributed by atoms with E-state index < -0.39 is 6.04 Å². The molecule has 0 aliphatic rings. The van der Waals surface area contributed by atoms with Crippen LogP contribution in [0.5, 0.6) is 11.5 Å². The van der Waals surface area contributed by atoms with Gasteiger partial charge in [-0.1, -0.05) is 19.1 Å². The number of pyridine rings is 1. The lowest BCUT2D eigenvalue weighted by Gasteiger charge is -2.17. The fourth-order valence-electron chi connectivity index (χ4n) is 2.23. The summed E-state index contributed by atoms with van der Waals surface area (Å²) in [5, 5.41) is 2.79. The van der Waals surface area contributed by atoms with Gasteiger partial charge in [-0.2, -0.15) is 0 Å². The number of nitrogens with zero attached hydrogens (tertiary/aromatic N) is 1. The molecule has 6 nitrogen and oxygen atoms in total. The van der Waals surface area contributed by atoms with Crippen molar-refractivity contribution < 1.29 is 14.3 Å². The van der Waals surface area contributed by atoms with Crippen molar-refractivity contribution in [3.05, 3.63) is 52.9 Å². The number of hydrogen-bond donors (Lipinski definition) is 1. The first-order valence-electron chi connectivity index (χ1n) is 7.86. The molecular formula is C18H22N2O4. The molecule has 1 atom stereocenters. The molecule has 2 rings (SSSR count). The van der Waals surface area contributed by atoms with Gasteiger partial charge < -0.3 is 19.4 Å². The predicted octanol–water partition coefficient (Wildman–Crippen LogP) is 2.85. The Morgan fingerprint density at radius 2 is 1.92 bits per heavy atom. The molecule has 1 aromatic heterocycles. The van der Waals surface area contributed by atoms with Crippen LogP contribution in [0.25, 0.3) is 0 Å². The van der Waals surface area contributed by atoms with Gasteiger partial charge in [0.15, 0.2) is 5.75 Å². The summed E-state index contributed by atoms with van der Waals surface area (Å²) in [5.41, 5.74) is 0.233. The van der Waals surface area contributed by atoms with Crippen LogP contribution in [0.4, 0.5) is 5.69 Å². The standard InChI is InChI=1S/C18H22N2O4/c1-4-12-24-16-10-7-11-20(18(16)22)13(2)17(21)19-14-8-5-6-9-15(14)23-3/h5-11,13H,4,12H2,1-3H3,(H,19,21). The summed E-state index contributed by atoms with van der Waals surface area (Å²) in [6, 6.07) is 9.73. The lowest BCUT2D eigenvalue weighted by molar-refractivity contribution is -0.118. The maximum atomic E-state index is 12.5. The van der Waals surface area contributed by atoms with Crippen LogP contribution in [0, 0.1) is 0 Å². The van der Waals surface area contributed by atoms with E-state index >= 15 is 0 Å². The van der Waals surface area contributed by atoms with Crippen molar-refractivity contribution in [2.24, 2.45) is 0 Å². The van der Waals surface area contributed by atoms with E-state index in [9.17, 15) is 9.59 Å². The highest BCUT2D eigenvalue weighted by Gasteiger charge is 2.19. The summed E-state index contributed by atoms with van der Waals surface area (Å²) in [5.74, 6) is 0.496. The van der Waals surface area contributed by atoms with E-state index in [1.165, 1.54) is 11.7 Å². The maximum Gasteiger partial charge on any atom is 0.293 e. The van der Waals surface area contributed by atoms with Crippen molar-refractivity contribution in [1.82, 2.24) is 4.57 Å². The zero-order valence-electron chi connectivity index (χ0n) is 14.1. The fourth-order valence-corrected chi connectivity index (χ4v) is 2.23. The van der Waals surface area contributed by atoms with Gasteiger partial charge in [-0.25, -0.2) is 0 Å². The number of rotatable bonds is 7. The number of carbonyl (C=O) groups excluding carboxylic acids is 1. The predicted molar refractivity (Wildman–Crippen MR) is 92.8 cm³/mol. The molecule has 0 bridgehead atoms. The monoisotopic (exact) mass is 330 g/mol. The molecule has 0 aliphatic carbocycles. The first-order chi connectivity index (χ1) is 11.6. The zero-order chi connectivity index (χ0) is 17.5. The van der Waals surface area contributed by atoms with E-state index in [1.54, 1.807) is 43.5 Å². The summed E-state index contributed by atoms with van der Waals surface area (Å²) < 4.78 is 12.0. The van der Waals surface area contributed by atoms with Crippen LogP contribution in [0.15, 0.2) is 47.4 Å². The van der Waals surface area contributed by atoms with E-state index in [4.69, 9.17) is 9.47 Å². The van der Waals surface area contributed by atoms with Crippen molar-refractivity contribution in [2.45, 2.75) is 26.3 Å². The van der Waals surface area contributed by atoms with Crippen LogP contribution in [-0.4, -0.2) is 24.2 Å². The molecule has 1 unspecified atom stereocenters. The van der Waals surface area contributed by atoms with Crippen molar-refractivity contribution in [3.63, 3.8) is 0 Å². The molecule has 6 heteroatoms. The number of anilines is 1. The highest BCUT2D eigenvalue weighted by Crippen LogP contribution is 2.24. The van der Waals surface area contributed by atoms with Crippen molar-refractivity contribution >= 4 is 11.6 Å². The number of carbonyl (C=O) groups is 1. The van der Waals surface area contributed by atoms with Gasteiger partial charge in [0.2, 0.25) is 5.91 Å². The first kappa shape index (κ1) is 17.6. The highest BCUT2D eigenvalue weighted by atomic mass is 16.5. The molecule has 1 N–H and O–H groups in total. The smallest absolute Gasteiger partial charge is 0.293 e. The number of benzene rings is 1. The molecule has 0 spiro atoms. The fraction of sp³-hybridized carbons (Fsp3) is 0.333. The lowest BCUT2D eigenvalue weighted by Crippen LogP contribution is -2.31. The molecule has 0 radical (unpaired) electrons. The number of ether oxygens (including phenoxy) is 2. The third kappa shape index (κ3) is 3.95. The number of methoxy groups -OCH3 is 1. The Labute approximate surface area is 141 Å². The highest BCUT2D eigenvalue weighted by molar-refractivity contribution is 5.94. The second-order valence-corrected chi connectivity index (χ2v) is 5.30. The van der Waals surface area contributed by atoms with Gasteiger partial charge >= 0.3 is 0 Å². The third-order valence-electron chi connectivity index (χ3n) is 3.56. The van der Waals surface area contributed by atoms with Crippen LogP contribution < -0.4 is 20.3 Å². The Balaban J connectivity index is 2.20. The van der Waals surface area contributed by atoms with Gasteiger partial charge in [0.25, 0.3) is 5.56 Å². The summed E-state index contributed by atoms with van der Waals surface area (Å²) >= 11 is 0. The van der Waals surface area contributed by atoms with Gasteiger partial charge in [-0.05, 0) is 37.6 Å². The van der Waals surface area contributed by atoms with Crippen molar-refractivity contribution in [1.29, 1.82) is 0 Å². The largest absolute Gasteiger partial charge is 0.495 e. The van der Waals surface area contributed by atoms with Crippen LogP contribution in [0.1, 0.15) is 26.3 Å². The van der Waals surface area contributed by atoms with Crippen LogP contribution in [-0.2, 0) is 4.79 Å². The molecule has 0 saturated carbocycles. The Bertz CT molecular complexity index is 755. The second-order valence-electron chi connectivity index (χ2n) is 5.30. The number of hydrogen-bond acceptors (Lipinski definition) is 4. The molecule has 0 saturated heterocycles. The van der Waals surface area contributed by atoms with Crippen LogP contribution in [0.2, 0.25) is 0 Å². The molecule has 24 heavy (non-hydrogen) atoms. The number of para-hydroxylation sites is 2. The minimum atomic E-state index is -0.687. The van der Waals surface area contributed by atoms with Crippen LogP contribution in [0.3, 0.4) is 0 Å². The summed E-state index contributed by atoms with van der Waals surface area (Å²) in [4.78, 5) is 24.9. The van der Waals surface area contributed by atoms with Gasteiger partial charge in [0, 0.05) is 6.20 Å². The quantitative estimate of drug-likeness (QED) is 0.847. The topological polar surface area (TPSA) is 69.6 Å². The Kier molecular flexibility index (Phi) is 6.01. The van der Waals surface area contributed by atoms with E-state index in [-0.39, 0.29) is 17.2 Å². The van der Waals surface area contributed by atoms with E-state index in [2.05, 4.69) is 5.32 Å². The average molecular weight is 330 g/mol. The Hall–Kier alpha value is -2.76.